The number of nitrogens with zero attached hydrogens (tertiary/aromatic N) is 2. The summed E-state index contributed by atoms with van der Waals surface area (Å²) in [4.78, 5) is 10.7. The zero-order valence-electron chi connectivity index (χ0n) is 12.8. The molecule has 0 aliphatic carbocycles. The molecular formula is C16H16N2O4S. The summed E-state index contributed by atoms with van der Waals surface area (Å²) < 4.78 is 27.3. The zero-order chi connectivity index (χ0) is 16.8. The second kappa shape index (κ2) is 5.34. The molecule has 2 aromatic rings. The maximum Gasteiger partial charge on any atom is 0.271 e. The average molecular weight is 332 g/mol. The minimum atomic E-state index is -3.74. The Morgan fingerprint density at radius 2 is 1.87 bits per heavy atom. The van der Waals surface area contributed by atoms with Crippen molar-refractivity contribution in [2.24, 2.45) is 0 Å². The molecule has 0 N–H and O–H groups in total. The summed E-state index contributed by atoms with van der Waals surface area (Å²) in [6.07, 6.45) is 0.553. The first-order chi connectivity index (χ1) is 10.8. The van der Waals surface area contributed by atoms with Crippen molar-refractivity contribution < 1.29 is 13.3 Å². The van der Waals surface area contributed by atoms with Crippen LogP contribution in [-0.2, 0) is 16.4 Å². The van der Waals surface area contributed by atoms with Gasteiger partial charge >= 0.3 is 0 Å². The Kier molecular flexibility index (Phi) is 3.60. The van der Waals surface area contributed by atoms with Crippen molar-refractivity contribution in [1.82, 2.24) is 0 Å². The molecule has 0 radical (unpaired) electrons. The van der Waals surface area contributed by atoms with Gasteiger partial charge in [-0.2, -0.15) is 0 Å². The summed E-state index contributed by atoms with van der Waals surface area (Å²) in [6.45, 7) is 3.88. The molecule has 3 rings (SSSR count). The summed E-state index contributed by atoms with van der Waals surface area (Å²) in [5, 5.41) is 11.0. The van der Waals surface area contributed by atoms with Crippen LogP contribution in [0.4, 0.5) is 11.4 Å². The van der Waals surface area contributed by atoms with Gasteiger partial charge in [0.05, 0.1) is 15.5 Å². The maximum absolute atomic E-state index is 13.0. The highest BCUT2D eigenvalue weighted by Gasteiger charge is 2.33. The first-order valence-electron chi connectivity index (χ1n) is 7.18. The Balaban J connectivity index is 2.13. The number of nitro benzene ring substituents is 1. The van der Waals surface area contributed by atoms with Gasteiger partial charge in [-0.1, -0.05) is 18.2 Å². The molecule has 0 spiro atoms. The van der Waals surface area contributed by atoms with E-state index in [0.29, 0.717) is 24.2 Å². The van der Waals surface area contributed by atoms with Gasteiger partial charge in [0.15, 0.2) is 0 Å². The molecule has 0 bridgehead atoms. The molecule has 1 heterocycles. The number of hydrogen-bond donors (Lipinski definition) is 0. The summed E-state index contributed by atoms with van der Waals surface area (Å²) in [5.41, 5.74) is 2.62. The first kappa shape index (κ1) is 15.5. The van der Waals surface area contributed by atoms with Gasteiger partial charge in [-0.05, 0) is 43.0 Å². The Morgan fingerprint density at radius 3 is 2.57 bits per heavy atom. The molecule has 0 fully saturated rings. The summed E-state index contributed by atoms with van der Waals surface area (Å²) in [7, 11) is -3.74. The summed E-state index contributed by atoms with van der Waals surface area (Å²) in [6, 6.07) is 9.65. The topological polar surface area (TPSA) is 80.5 Å². The smallest absolute Gasteiger partial charge is 0.265 e. The third-order valence-corrected chi connectivity index (χ3v) is 6.00. The van der Waals surface area contributed by atoms with Crippen molar-refractivity contribution >= 4 is 21.4 Å². The number of hydrogen-bond acceptors (Lipinski definition) is 4. The monoisotopic (exact) mass is 332 g/mol. The fourth-order valence-electron chi connectivity index (χ4n) is 2.81. The van der Waals surface area contributed by atoms with E-state index in [9.17, 15) is 18.5 Å². The van der Waals surface area contributed by atoms with Crippen LogP contribution < -0.4 is 4.31 Å². The van der Waals surface area contributed by atoms with E-state index in [4.69, 9.17) is 0 Å². The average Bonchev–Trinajstić information content (AvgIpc) is 2.93. The highest BCUT2D eigenvalue weighted by atomic mass is 32.2. The fourth-order valence-corrected chi connectivity index (χ4v) is 4.61. The lowest BCUT2D eigenvalue weighted by Gasteiger charge is -2.21. The van der Waals surface area contributed by atoms with Gasteiger partial charge in [-0.25, -0.2) is 8.42 Å². The number of aryl methyl sites for hydroxylation is 2. The lowest BCUT2D eigenvalue weighted by molar-refractivity contribution is -0.384. The van der Waals surface area contributed by atoms with E-state index in [1.165, 1.54) is 16.4 Å². The van der Waals surface area contributed by atoms with E-state index in [2.05, 4.69) is 0 Å². The molecule has 23 heavy (non-hydrogen) atoms. The molecule has 0 aromatic heterocycles. The van der Waals surface area contributed by atoms with Crippen molar-refractivity contribution in [3.63, 3.8) is 0 Å². The summed E-state index contributed by atoms with van der Waals surface area (Å²) >= 11 is 0. The lowest BCUT2D eigenvalue weighted by Crippen LogP contribution is -2.29. The number of anilines is 1. The molecular weight excluding hydrogens is 316 g/mol. The van der Waals surface area contributed by atoms with Crippen LogP contribution in [-0.4, -0.2) is 19.9 Å². The number of nitro groups is 1. The van der Waals surface area contributed by atoms with E-state index in [1.54, 1.807) is 25.1 Å². The molecule has 0 amide bonds. The van der Waals surface area contributed by atoms with Crippen molar-refractivity contribution in [2.45, 2.75) is 25.2 Å². The molecule has 0 saturated heterocycles. The predicted octanol–water partition coefficient (Wildman–Crippen LogP) is 2.96. The van der Waals surface area contributed by atoms with E-state index in [1.807, 2.05) is 13.0 Å². The molecule has 7 heteroatoms. The Hall–Kier alpha value is -2.41. The molecule has 0 saturated carbocycles. The van der Waals surface area contributed by atoms with Crippen LogP contribution in [0, 0.1) is 24.0 Å². The highest BCUT2D eigenvalue weighted by Crippen LogP contribution is 2.36. The normalized spacial score (nSPS) is 13.9. The van der Waals surface area contributed by atoms with Crippen LogP contribution in [0.2, 0.25) is 0 Å². The number of fused-ring (bicyclic) bond motifs is 1. The quantitative estimate of drug-likeness (QED) is 0.639. The molecule has 0 unspecified atom stereocenters. The Labute approximate surface area is 134 Å². The summed E-state index contributed by atoms with van der Waals surface area (Å²) in [5.74, 6) is 0. The second-order valence-electron chi connectivity index (χ2n) is 5.67. The van der Waals surface area contributed by atoms with Crippen LogP contribution in [0.25, 0.3) is 0 Å². The van der Waals surface area contributed by atoms with Crippen molar-refractivity contribution in [2.75, 3.05) is 10.8 Å². The number of rotatable bonds is 3. The SMILES string of the molecule is Cc1ccc(C)c(S(=O)(=O)N2CCc3ccc([N+](=O)[O-])cc32)c1. The van der Waals surface area contributed by atoms with Crippen molar-refractivity contribution in [3.8, 4) is 0 Å². The second-order valence-corrected chi connectivity index (χ2v) is 7.50. The van der Waals surface area contributed by atoms with Crippen LogP contribution in [0.5, 0.6) is 0 Å². The third kappa shape index (κ3) is 2.57. The van der Waals surface area contributed by atoms with Crippen LogP contribution in [0.1, 0.15) is 16.7 Å². The lowest BCUT2D eigenvalue weighted by atomic mass is 10.1. The number of sulfonamides is 1. The van der Waals surface area contributed by atoms with Crippen LogP contribution >= 0.6 is 0 Å². The molecule has 1 aliphatic heterocycles. The molecule has 6 nitrogen and oxygen atoms in total. The minimum absolute atomic E-state index is 0.105. The van der Waals surface area contributed by atoms with E-state index in [-0.39, 0.29) is 10.6 Å². The minimum Gasteiger partial charge on any atom is -0.265 e. The van der Waals surface area contributed by atoms with Gasteiger partial charge in [0.25, 0.3) is 15.7 Å². The largest absolute Gasteiger partial charge is 0.271 e. The number of benzene rings is 2. The van der Waals surface area contributed by atoms with E-state index in [0.717, 1.165) is 11.1 Å². The van der Waals surface area contributed by atoms with Gasteiger partial charge in [-0.15, -0.1) is 0 Å². The van der Waals surface area contributed by atoms with Gasteiger partial charge in [-0.3, -0.25) is 14.4 Å². The van der Waals surface area contributed by atoms with Gasteiger partial charge < -0.3 is 0 Å². The highest BCUT2D eigenvalue weighted by molar-refractivity contribution is 7.93. The van der Waals surface area contributed by atoms with Gasteiger partial charge in [0, 0.05) is 18.7 Å². The van der Waals surface area contributed by atoms with Gasteiger partial charge in [0.1, 0.15) is 0 Å². The maximum atomic E-state index is 13.0. The van der Waals surface area contributed by atoms with Gasteiger partial charge in [0.2, 0.25) is 0 Å². The predicted molar refractivity (Wildman–Crippen MR) is 87.2 cm³/mol. The fraction of sp³-hybridized carbons (Fsp3) is 0.250. The molecule has 2 aromatic carbocycles. The molecule has 120 valence electrons. The first-order valence-corrected chi connectivity index (χ1v) is 8.62. The Bertz CT molecular complexity index is 906. The van der Waals surface area contributed by atoms with Crippen molar-refractivity contribution in [3.05, 3.63) is 63.2 Å². The Morgan fingerprint density at radius 1 is 1.13 bits per heavy atom. The molecule has 0 atom stereocenters. The number of non-ortho nitro benzene ring substituents is 1. The zero-order valence-corrected chi connectivity index (χ0v) is 13.6. The van der Waals surface area contributed by atoms with Crippen LogP contribution in [0.3, 0.4) is 0 Å². The third-order valence-electron chi connectivity index (χ3n) is 4.04. The van der Waals surface area contributed by atoms with E-state index >= 15 is 0 Å². The van der Waals surface area contributed by atoms with E-state index < -0.39 is 14.9 Å². The van der Waals surface area contributed by atoms with Crippen LogP contribution in [0.15, 0.2) is 41.3 Å². The standard InChI is InChI=1S/C16H16N2O4S/c1-11-3-4-12(2)16(9-11)23(21,22)17-8-7-13-5-6-14(18(19)20)10-15(13)17/h3-6,9-10H,7-8H2,1-2H3. The molecule has 1 aliphatic rings. The van der Waals surface area contributed by atoms with Crippen molar-refractivity contribution in [1.29, 1.82) is 0 Å².